The number of rotatable bonds is 0. The fraction of sp³-hybridized carbons (Fsp3) is 0.455. The molecule has 0 N–H and O–H groups in total. The number of halogens is 1. The van der Waals surface area contributed by atoms with Gasteiger partial charge in [-0.2, -0.15) is 10.5 Å². The summed E-state index contributed by atoms with van der Waals surface area (Å²) in [7, 11) is 0. The minimum absolute atomic E-state index is 0.152. The van der Waals surface area contributed by atoms with E-state index in [1.807, 2.05) is 12.2 Å². The normalized spacial score (nSPS) is 34.9. The van der Waals surface area contributed by atoms with Gasteiger partial charge < -0.3 is 0 Å². The summed E-state index contributed by atoms with van der Waals surface area (Å²) in [5.74, 6) is 0.617. The topological polar surface area (TPSA) is 47.6 Å². The average Bonchev–Trinajstić information content (AvgIpc) is 2.23. The zero-order valence-electron chi connectivity index (χ0n) is 7.57. The lowest BCUT2D eigenvalue weighted by Crippen LogP contribution is -2.28. The maximum Gasteiger partial charge on any atom is 0.0947 e. The average molecular weight is 249 g/mol. The van der Waals surface area contributed by atoms with E-state index in [1.165, 1.54) is 0 Å². The lowest BCUT2D eigenvalue weighted by molar-refractivity contribution is 0.427. The van der Waals surface area contributed by atoms with Crippen LogP contribution < -0.4 is 0 Å². The van der Waals surface area contributed by atoms with Gasteiger partial charge in [-0.15, -0.1) is 0 Å². The molecule has 2 aliphatic rings. The molecule has 0 unspecified atom stereocenters. The van der Waals surface area contributed by atoms with Crippen molar-refractivity contribution in [3.63, 3.8) is 0 Å². The van der Waals surface area contributed by atoms with Crippen LogP contribution in [0, 0.1) is 34.5 Å². The molecule has 0 fully saturated rings. The lowest BCUT2D eigenvalue weighted by atomic mass is 9.72. The standard InChI is InChI=1S/C11H9BrN2/c12-11-4-9(6-14)7-1-2-8(5-13)10(11)3-7/h2,4,7,10-11H,1,3H2/t7-,10-,11-/m1/s1. The van der Waals surface area contributed by atoms with E-state index in [4.69, 9.17) is 10.5 Å². The van der Waals surface area contributed by atoms with Crippen molar-refractivity contribution in [2.75, 3.05) is 0 Å². The minimum Gasteiger partial charge on any atom is -0.193 e. The maximum atomic E-state index is 8.92. The van der Waals surface area contributed by atoms with Crippen LogP contribution in [0.1, 0.15) is 12.8 Å². The van der Waals surface area contributed by atoms with Crippen LogP contribution in [0.15, 0.2) is 23.3 Å². The van der Waals surface area contributed by atoms with Crippen LogP contribution in [0.4, 0.5) is 0 Å². The van der Waals surface area contributed by atoms with Gasteiger partial charge >= 0.3 is 0 Å². The highest BCUT2D eigenvalue weighted by molar-refractivity contribution is 9.09. The SMILES string of the molecule is N#CC1=C[C@@H](Br)[C@@H]2C[C@H]1CC=C2C#N. The van der Waals surface area contributed by atoms with E-state index in [0.29, 0.717) is 5.92 Å². The van der Waals surface area contributed by atoms with E-state index >= 15 is 0 Å². The van der Waals surface area contributed by atoms with Crippen molar-refractivity contribution in [3.8, 4) is 12.1 Å². The molecule has 2 rings (SSSR count). The number of hydrogen-bond donors (Lipinski definition) is 0. The molecule has 0 saturated heterocycles. The Bertz CT molecular complexity index is 394. The summed E-state index contributed by atoms with van der Waals surface area (Å²) in [5, 5.41) is 17.8. The van der Waals surface area contributed by atoms with Gasteiger partial charge in [-0.1, -0.05) is 28.1 Å². The van der Waals surface area contributed by atoms with Gasteiger partial charge in [0.05, 0.1) is 12.1 Å². The summed E-state index contributed by atoms with van der Waals surface area (Å²) < 4.78 is 0. The molecular formula is C11H9BrN2. The number of hydrogen-bond acceptors (Lipinski definition) is 2. The summed E-state index contributed by atoms with van der Waals surface area (Å²) in [4.78, 5) is 0.152. The van der Waals surface area contributed by atoms with Gasteiger partial charge in [0, 0.05) is 21.9 Å². The van der Waals surface area contributed by atoms with Gasteiger partial charge in [-0.25, -0.2) is 0 Å². The molecule has 0 spiro atoms. The van der Waals surface area contributed by atoms with Crippen molar-refractivity contribution in [2.24, 2.45) is 11.8 Å². The summed E-state index contributed by atoms with van der Waals surface area (Å²) in [6, 6.07) is 4.48. The molecule has 0 radical (unpaired) electrons. The zero-order valence-corrected chi connectivity index (χ0v) is 9.16. The molecule has 3 heteroatoms. The predicted octanol–water partition coefficient (Wildman–Crippen LogP) is 2.69. The van der Waals surface area contributed by atoms with E-state index in [1.54, 1.807) is 0 Å². The van der Waals surface area contributed by atoms with Crippen LogP contribution in [-0.4, -0.2) is 4.83 Å². The Morgan fingerprint density at radius 3 is 2.64 bits per heavy atom. The highest BCUT2D eigenvalue weighted by Gasteiger charge is 2.34. The molecule has 0 aromatic rings. The molecule has 70 valence electrons. The molecule has 0 aromatic carbocycles. The Kier molecular flexibility index (Phi) is 2.44. The van der Waals surface area contributed by atoms with Crippen molar-refractivity contribution < 1.29 is 0 Å². The highest BCUT2D eigenvalue weighted by Crippen LogP contribution is 2.42. The van der Waals surface area contributed by atoms with Crippen LogP contribution in [0.25, 0.3) is 0 Å². The third-order valence-corrected chi connectivity index (χ3v) is 3.88. The number of allylic oxidation sites excluding steroid dienone is 4. The van der Waals surface area contributed by atoms with Crippen molar-refractivity contribution in [3.05, 3.63) is 23.3 Å². The lowest BCUT2D eigenvalue weighted by Gasteiger charge is -2.33. The van der Waals surface area contributed by atoms with Crippen molar-refractivity contribution in [1.82, 2.24) is 0 Å². The number of fused-ring (bicyclic) bond motifs is 2. The van der Waals surface area contributed by atoms with Crippen molar-refractivity contribution in [2.45, 2.75) is 17.7 Å². The first-order chi connectivity index (χ1) is 6.76. The molecule has 14 heavy (non-hydrogen) atoms. The number of alkyl halides is 1. The van der Waals surface area contributed by atoms with Crippen LogP contribution >= 0.6 is 15.9 Å². The largest absolute Gasteiger partial charge is 0.193 e. The molecule has 0 saturated carbocycles. The molecule has 0 aliphatic heterocycles. The first-order valence-electron chi connectivity index (χ1n) is 4.62. The van der Waals surface area contributed by atoms with E-state index in [2.05, 4.69) is 28.1 Å². The van der Waals surface area contributed by atoms with Gasteiger partial charge in [0.1, 0.15) is 0 Å². The summed E-state index contributed by atoms with van der Waals surface area (Å²) in [6.45, 7) is 0. The van der Waals surface area contributed by atoms with Gasteiger partial charge in [0.15, 0.2) is 0 Å². The summed E-state index contributed by atoms with van der Waals surface area (Å²) in [5.41, 5.74) is 1.74. The number of nitriles is 2. The van der Waals surface area contributed by atoms with Crippen LogP contribution in [0.5, 0.6) is 0 Å². The second-order valence-electron chi connectivity index (χ2n) is 3.72. The third kappa shape index (κ3) is 1.38. The smallest absolute Gasteiger partial charge is 0.0947 e. The Labute approximate surface area is 91.7 Å². The Morgan fingerprint density at radius 2 is 2.00 bits per heavy atom. The molecule has 2 bridgehead atoms. The molecule has 2 aliphatic carbocycles. The first-order valence-corrected chi connectivity index (χ1v) is 5.54. The van der Waals surface area contributed by atoms with E-state index < -0.39 is 0 Å². The molecule has 3 atom stereocenters. The Morgan fingerprint density at radius 1 is 1.29 bits per heavy atom. The van der Waals surface area contributed by atoms with Gasteiger partial charge in [0.25, 0.3) is 0 Å². The Hall–Kier alpha value is -1.06. The molecule has 0 amide bonds. The maximum absolute atomic E-state index is 8.92. The van der Waals surface area contributed by atoms with Crippen LogP contribution in [0.3, 0.4) is 0 Å². The summed E-state index contributed by atoms with van der Waals surface area (Å²) in [6.07, 6.45) is 5.73. The van der Waals surface area contributed by atoms with Gasteiger partial charge in [-0.3, -0.25) is 0 Å². The minimum atomic E-state index is 0.152. The molecule has 0 aromatic heterocycles. The van der Waals surface area contributed by atoms with Gasteiger partial charge in [-0.05, 0) is 18.8 Å². The van der Waals surface area contributed by atoms with Gasteiger partial charge in [0.2, 0.25) is 0 Å². The van der Waals surface area contributed by atoms with Crippen LogP contribution in [-0.2, 0) is 0 Å². The van der Waals surface area contributed by atoms with Crippen LogP contribution in [0.2, 0.25) is 0 Å². The highest BCUT2D eigenvalue weighted by atomic mass is 79.9. The molecule has 2 nitrogen and oxygen atoms in total. The van der Waals surface area contributed by atoms with E-state index in [9.17, 15) is 0 Å². The monoisotopic (exact) mass is 248 g/mol. The van der Waals surface area contributed by atoms with Crippen molar-refractivity contribution in [1.29, 1.82) is 10.5 Å². The third-order valence-electron chi connectivity index (χ3n) is 2.98. The zero-order chi connectivity index (χ0) is 10.1. The van der Waals surface area contributed by atoms with E-state index in [0.717, 1.165) is 24.0 Å². The second kappa shape index (κ2) is 3.59. The predicted molar refractivity (Wildman–Crippen MR) is 56.3 cm³/mol. The van der Waals surface area contributed by atoms with Crippen molar-refractivity contribution >= 4 is 15.9 Å². The van der Waals surface area contributed by atoms with E-state index in [-0.39, 0.29) is 10.7 Å². The molecular weight excluding hydrogens is 240 g/mol. The molecule has 0 heterocycles. The Balaban J connectivity index is 2.35. The second-order valence-corrected chi connectivity index (χ2v) is 4.78. The number of nitrogens with zero attached hydrogens (tertiary/aromatic N) is 2. The fourth-order valence-electron chi connectivity index (χ4n) is 2.19. The quantitative estimate of drug-likeness (QED) is 0.619. The summed E-state index contributed by atoms with van der Waals surface area (Å²) >= 11 is 3.52. The first kappa shape index (κ1) is 9.49. The fourth-order valence-corrected chi connectivity index (χ4v) is 2.97.